The summed E-state index contributed by atoms with van der Waals surface area (Å²) in [7, 11) is 0. The number of carbonyl (C=O) groups is 1. The standard InChI is InChI=1S/C16H21N5O/c17-15-5-3-13(4-6-15)8-16(22)20-7-1-2-14(9-20)10-21-12-18-11-19-21/h3-6,11-12,14H,1-2,7-10,17H2. The molecule has 6 nitrogen and oxygen atoms in total. The quantitative estimate of drug-likeness (QED) is 0.864. The van der Waals surface area contributed by atoms with Crippen molar-refractivity contribution in [3.63, 3.8) is 0 Å². The zero-order chi connectivity index (χ0) is 15.4. The number of aromatic nitrogens is 3. The maximum absolute atomic E-state index is 12.5. The number of amides is 1. The van der Waals surface area contributed by atoms with Crippen molar-refractivity contribution in [3.05, 3.63) is 42.5 Å². The molecular formula is C16H21N5O. The fourth-order valence-corrected chi connectivity index (χ4v) is 2.95. The minimum absolute atomic E-state index is 0.188. The first-order valence-corrected chi connectivity index (χ1v) is 7.65. The number of hydrogen-bond acceptors (Lipinski definition) is 4. The van der Waals surface area contributed by atoms with Gasteiger partial charge in [-0.3, -0.25) is 9.48 Å². The van der Waals surface area contributed by atoms with Crippen molar-refractivity contribution in [1.82, 2.24) is 19.7 Å². The van der Waals surface area contributed by atoms with Crippen LogP contribution in [0.2, 0.25) is 0 Å². The van der Waals surface area contributed by atoms with Crippen molar-refractivity contribution in [2.45, 2.75) is 25.8 Å². The van der Waals surface area contributed by atoms with Gasteiger partial charge in [0.25, 0.3) is 0 Å². The Kier molecular flexibility index (Phi) is 4.37. The predicted octanol–water partition coefficient (Wildman–Crippen LogP) is 1.34. The number of nitrogens with zero attached hydrogens (tertiary/aromatic N) is 4. The summed E-state index contributed by atoms with van der Waals surface area (Å²) in [6.07, 6.45) is 5.90. The summed E-state index contributed by atoms with van der Waals surface area (Å²) in [6, 6.07) is 7.52. The van der Waals surface area contributed by atoms with Gasteiger partial charge in [-0.05, 0) is 36.5 Å². The van der Waals surface area contributed by atoms with E-state index < -0.39 is 0 Å². The summed E-state index contributed by atoms with van der Waals surface area (Å²) in [4.78, 5) is 18.4. The van der Waals surface area contributed by atoms with Gasteiger partial charge in [0.2, 0.25) is 5.91 Å². The first-order valence-electron chi connectivity index (χ1n) is 7.65. The number of piperidine rings is 1. The first-order chi connectivity index (χ1) is 10.7. The van der Waals surface area contributed by atoms with E-state index in [1.807, 2.05) is 33.8 Å². The van der Waals surface area contributed by atoms with E-state index in [-0.39, 0.29) is 5.91 Å². The first kappa shape index (κ1) is 14.6. The van der Waals surface area contributed by atoms with E-state index >= 15 is 0 Å². The maximum Gasteiger partial charge on any atom is 0.226 e. The van der Waals surface area contributed by atoms with Gasteiger partial charge in [0.05, 0.1) is 6.42 Å². The Hall–Kier alpha value is -2.37. The number of nitrogen functional groups attached to an aromatic ring is 1. The molecule has 2 heterocycles. The Morgan fingerprint density at radius 2 is 2.14 bits per heavy atom. The Bertz CT molecular complexity index is 608. The van der Waals surface area contributed by atoms with Crippen molar-refractivity contribution in [2.75, 3.05) is 18.8 Å². The molecule has 1 amide bonds. The van der Waals surface area contributed by atoms with Gasteiger partial charge in [-0.1, -0.05) is 12.1 Å². The molecule has 0 saturated carbocycles. The van der Waals surface area contributed by atoms with Gasteiger partial charge in [0.1, 0.15) is 12.7 Å². The molecule has 1 aliphatic heterocycles. The fourth-order valence-electron chi connectivity index (χ4n) is 2.95. The number of hydrogen-bond donors (Lipinski definition) is 1. The molecule has 1 aromatic carbocycles. The lowest BCUT2D eigenvalue weighted by molar-refractivity contribution is -0.132. The average molecular weight is 299 g/mol. The Balaban J connectivity index is 1.56. The van der Waals surface area contributed by atoms with E-state index in [1.54, 1.807) is 12.7 Å². The summed E-state index contributed by atoms with van der Waals surface area (Å²) >= 11 is 0. The maximum atomic E-state index is 12.5. The third-order valence-corrected chi connectivity index (χ3v) is 4.12. The lowest BCUT2D eigenvalue weighted by Crippen LogP contribution is -2.41. The minimum atomic E-state index is 0.188. The molecule has 1 unspecified atom stereocenters. The average Bonchev–Trinajstić information content (AvgIpc) is 3.03. The van der Waals surface area contributed by atoms with Gasteiger partial charge >= 0.3 is 0 Å². The minimum Gasteiger partial charge on any atom is -0.399 e. The van der Waals surface area contributed by atoms with Crippen LogP contribution in [0.1, 0.15) is 18.4 Å². The smallest absolute Gasteiger partial charge is 0.226 e. The lowest BCUT2D eigenvalue weighted by Gasteiger charge is -2.32. The summed E-state index contributed by atoms with van der Waals surface area (Å²) in [6.45, 7) is 2.47. The molecule has 1 fully saturated rings. The summed E-state index contributed by atoms with van der Waals surface area (Å²) < 4.78 is 1.85. The van der Waals surface area contributed by atoms with Gasteiger partial charge in [-0.2, -0.15) is 5.10 Å². The predicted molar refractivity (Wildman–Crippen MR) is 83.9 cm³/mol. The van der Waals surface area contributed by atoms with Gasteiger partial charge in [0, 0.05) is 25.3 Å². The van der Waals surface area contributed by atoms with Gasteiger partial charge in [-0.25, -0.2) is 4.98 Å². The largest absolute Gasteiger partial charge is 0.399 e. The molecule has 116 valence electrons. The molecule has 0 aliphatic carbocycles. The van der Waals surface area contributed by atoms with Crippen molar-refractivity contribution in [3.8, 4) is 0 Å². The SMILES string of the molecule is Nc1ccc(CC(=O)N2CCCC(Cn3cncn3)C2)cc1. The summed E-state index contributed by atoms with van der Waals surface area (Å²) in [5.41, 5.74) is 7.41. The van der Waals surface area contributed by atoms with Crippen LogP contribution in [0.3, 0.4) is 0 Å². The van der Waals surface area contributed by atoms with E-state index in [2.05, 4.69) is 10.1 Å². The van der Waals surface area contributed by atoms with Crippen LogP contribution in [0.5, 0.6) is 0 Å². The van der Waals surface area contributed by atoms with Gasteiger partial charge < -0.3 is 10.6 Å². The zero-order valence-corrected chi connectivity index (χ0v) is 12.6. The second-order valence-electron chi connectivity index (χ2n) is 5.88. The van der Waals surface area contributed by atoms with Crippen LogP contribution >= 0.6 is 0 Å². The second-order valence-corrected chi connectivity index (χ2v) is 5.88. The van der Waals surface area contributed by atoms with Crippen molar-refractivity contribution >= 4 is 11.6 Å². The van der Waals surface area contributed by atoms with Gasteiger partial charge in [0.15, 0.2) is 0 Å². The Morgan fingerprint density at radius 1 is 1.32 bits per heavy atom. The molecule has 1 atom stereocenters. The molecule has 2 N–H and O–H groups in total. The Morgan fingerprint density at radius 3 is 2.86 bits per heavy atom. The van der Waals surface area contributed by atoms with Crippen LogP contribution in [0.25, 0.3) is 0 Å². The molecule has 3 rings (SSSR count). The number of benzene rings is 1. The van der Waals surface area contributed by atoms with Gasteiger partial charge in [-0.15, -0.1) is 0 Å². The van der Waals surface area contributed by atoms with E-state index in [1.165, 1.54) is 0 Å². The van der Waals surface area contributed by atoms with E-state index in [4.69, 9.17) is 5.73 Å². The molecule has 1 saturated heterocycles. The highest BCUT2D eigenvalue weighted by Crippen LogP contribution is 2.19. The third-order valence-electron chi connectivity index (χ3n) is 4.12. The van der Waals surface area contributed by atoms with Crippen LogP contribution in [0, 0.1) is 5.92 Å². The molecular weight excluding hydrogens is 278 g/mol. The fraction of sp³-hybridized carbons (Fsp3) is 0.438. The molecule has 1 aliphatic rings. The molecule has 6 heteroatoms. The highest BCUT2D eigenvalue weighted by atomic mass is 16.2. The van der Waals surface area contributed by atoms with E-state index in [0.29, 0.717) is 12.3 Å². The molecule has 1 aromatic heterocycles. The molecule has 0 radical (unpaired) electrons. The molecule has 2 aromatic rings. The lowest BCUT2D eigenvalue weighted by atomic mass is 9.97. The monoisotopic (exact) mass is 299 g/mol. The van der Waals surface area contributed by atoms with Crippen LogP contribution in [-0.4, -0.2) is 38.7 Å². The third kappa shape index (κ3) is 3.63. The normalized spacial score (nSPS) is 18.4. The zero-order valence-electron chi connectivity index (χ0n) is 12.6. The number of likely N-dealkylation sites (tertiary alicyclic amines) is 1. The number of rotatable bonds is 4. The summed E-state index contributed by atoms with van der Waals surface area (Å²) in [5, 5.41) is 4.15. The molecule has 22 heavy (non-hydrogen) atoms. The molecule has 0 spiro atoms. The van der Waals surface area contributed by atoms with Crippen molar-refractivity contribution in [2.24, 2.45) is 5.92 Å². The van der Waals surface area contributed by atoms with Crippen LogP contribution in [-0.2, 0) is 17.8 Å². The number of carbonyl (C=O) groups excluding carboxylic acids is 1. The highest BCUT2D eigenvalue weighted by molar-refractivity contribution is 5.79. The Labute approximate surface area is 129 Å². The summed E-state index contributed by atoms with van der Waals surface area (Å²) in [5.74, 6) is 0.638. The van der Waals surface area contributed by atoms with Crippen LogP contribution in [0.4, 0.5) is 5.69 Å². The van der Waals surface area contributed by atoms with E-state index in [9.17, 15) is 4.79 Å². The van der Waals surface area contributed by atoms with Crippen molar-refractivity contribution in [1.29, 1.82) is 0 Å². The van der Waals surface area contributed by atoms with Crippen molar-refractivity contribution < 1.29 is 4.79 Å². The van der Waals surface area contributed by atoms with E-state index in [0.717, 1.165) is 43.7 Å². The van der Waals surface area contributed by atoms with Crippen LogP contribution in [0.15, 0.2) is 36.9 Å². The second kappa shape index (κ2) is 6.60. The number of nitrogens with two attached hydrogens (primary N) is 1. The highest BCUT2D eigenvalue weighted by Gasteiger charge is 2.24. The number of anilines is 1. The molecule has 0 bridgehead atoms. The van der Waals surface area contributed by atoms with Crippen LogP contribution < -0.4 is 5.73 Å². The topological polar surface area (TPSA) is 77.0 Å².